The first-order valence-corrected chi connectivity index (χ1v) is 7.69. The molecular formula is C10H14BBr3. The van der Waals surface area contributed by atoms with E-state index in [4.69, 9.17) is 0 Å². The molecule has 0 aromatic rings. The molecule has 4 rings (SSSR count). The molecule has 4 aliphatic carbocycles. The lowest BCUT2D eigenvalue weighted by Gasteiger charge is -2.66. The first kappa shape index (κ1) is 10.6. The van der Waals surface area contributed by atoms with Crippen molar-refractivity contribution in [2.75, 3.05) is 0 Å². The maximum absolute atomic E-state index is 4.00. The van der Waals surface area contributed by atoms with Gasteiger partial charge in [0.25, 0.3) is 0 Å². The predicted molar refractivity (Wildman–Crippen MR) is 73.9 cm³/mol. The molecule has 0 nitrogen and oxygen atoms in total. The molecule has 14 heavy (non-hydrogen) atoms. The summed E-state index contributed by atoms with van der Waals surface area (Å²) in [6, 6.07) is 0. The van der Waals surface area contributed by atoms with Crippen molar-refractivity contribution in [2.45, 2.75) is 56.8 Å². The highest BCUT2D eigenvalue weighted by Gasteiger charge is 2.64. The monoisotopic (exact) mass is 382 g/mol. The summed E-state index contributed by atoms with van der Waals surface area (Å²) < 4.78 is 1.22. The van der Waals surface area contributed by atoms with Gasteiger partial charge < -0.3 is 0 Å². The van der Waals surface area contributed by atoms with E-state index in [9.17, 15) is 0 Å². The van der Waals surface area contributed by atoms with Crippen LogP contribution in [0, 0.1) is 0 Å². The van der Waals surface area contributed by atoms with Crippen LogP contribution >= 0.6 is 47.8 Å². The molecule has 4 bridgehead atoms. The highest BCUT2D eigenvalue weighted by molar-refractivity contribution is 9.11. The standard InChI is InChI=1S/C10H14BBr3/c11-7-1-8(12)4-9(13,2-7)6-10(14,3-7)5-8/h1-6,11H2. The Morgan fingerprint density at radius 3 is 1.14 bits per heavy atom. The average molecular weight is 385 g/mol. The van der Waals surface area contributed by atoms with Crippen molar-refractivity contribution >= 4 is 55.6 Å². The van der Waals surface area contributed by atoms with Crippen molar-refractivity contribution in [1.82, 2.24) is 0 Å². The number of alkyl halides is 3. The van der Waals surface area contributed by atoms with E-state index >= 15 is 0 Å². The van der Waals surface area contributed by atoms with Crippen molar-refractivity contribution in [2.24, 2.45) is 0 Å². The molecule has 0 radical (unpaired) electrons. The molecule has 4 saturated carbocycles. The van der Waals surface area contributed by atoms with Crippen LogP contribution < -0.4 is 0 Å². The molecule has 78 valence electrons. The summed E-state index contributed by atoms with van der Waals surface area (Å²) in [7, 11) is 2.46. The Labute approximate surface area is 112 Å². The van der Waals surface area contributed by atoms with Crippen LogP contribution in [0.25, 0.3) is 0 Å². The van der Waals surface area contributed by atoms with Gasteiger partial charge in [-0.3, -0.25) is 0 Å². The van der Waals surface area contributed by atoms with Crippen LogP contribution in [0.4, 0.5) is 0 Å². The van der Waals surface area contributed by atoms with Gasteiger partial charge in [0.1, 0.15) is 7.85 Å². The third-order valence-corrected chi connectivity index (χ3v) is 6.65. The molecule has 0 saturated heterocycles. The van der Waals surface area contributed by atoms with Gasteiger partial charge in [-0.25, -0.2) is 0 Å². The first-order chi connectivity index (χ1) is 6.24. The highest BCUT2D eigenvalue weighted by atomic mass is 79.9. The van der Waals surface area contributed by atoms with Crippen molar-refractivity contribution in [3.05, 3.63) is 0 Å². The first-order valence-electron chi connectivity index (χ1n) is 5.31. The van der Waals surface area contributed by atoms with Gasteiger partial charge >= 0.3 is 0 Å². The molecule has 0 atom stereocenters. The summed E-state index contributed by atoms with van der Waals surface area (Å²) in [4.78, 5) is 0. The van der Waals surface area contributed by atoms with Gasteiger partial charge in [0.2, 0.25) is 0 Å². The number of hydrogen-bond donors (Lipinski definition) is 0. The van der Waals surface area contributed by atoms with E-state index in [2.05, 4.69) is 55.6 Å². The zero-order chi connectivity index (χ0) is 10.2. The van der Waals surface area contributed by atoms with E-state index in [1.807, 2.05) is 0 Å². The van der Waals surface area contributed by atoms with Gasteiger partial charge in [-0.2, -0.15) is 0 Å². The molecule has 4 heteroatoms. The minimum atomic E-state index is 0.406. The van der Waals surface area contributed by atoms with Gasteiger partial charge in [-0.1, -0.05) is 53.1 Å². The fraction of sp³-hybridized carbons (Fsp3) is 1.00. The molecule has 4 aliphatic rings. The topological polar surface area (TPSA) is 0 Å². The summed E-state index contributed by atoms with van der Waals surface area (Å²) in [6.45, 7) is 0. The summed E-state index contributed by atoms with van der Waals surface area (Å²) in [5.74, 6) is 0. The SMILES string of the molecule is BC12CC3(Br)CC(Br)(C1)CC(Br)(C2)C3. The third kappa shape index (κ3) is 1.50. The number of hydrogen-bond acceptors (Lipinski definition) is 0. The van der Waals surface area contributed by atoms with E-state index in [0.29, 0.717) is 18.3 Å². The van der Waals surface area contributed by atoms with E-state index in [1.165, 1.54) is 38.5 Å². The fourth-order valence-electron chi connectivity index (χ4n) is 4.75. The molecular weight excluding hydrogens is 371 g/mol. The molecule has 0 amide bonds. The molecule has 0 aromatic heterocycles. The normalized spacial score (nSPS) is 65.9. The Morgan fingerprint density at radius 1 is 0.643 bits per heavy atom. The maximum atomic E-state index is 4.00. The summed E-state index contributed by atoms with van der Waals surface area (Å²) >= 11 is 12.0. The Morgan fingerprint density at radius 2 is 0.929 bits per heavy atom. The van der Waals surface area contributed by atoms with E-state index in [0.717, 1.165) is 0 Å². The van der Waals surface area contributed by atoms with Crippen LogP contribution in [0.5, 0.6) is 0 Å². The minimum absolute atomic E-state index is 0.406. The fourth-order valence-corrected chi connectivity index (χ4v) is 11.1. The zero-order valence-corrected chi connectivity index (χ0v) is 13.1. The molecule has 0 heterocycles. The number of rotatable bonds is 0. The second-order valence-corrected chi connectivity index (χ2v) is 11.4. The second kappa shape index (κ2) is 2.67. The Kier molecular flexibility index (Phi) is 2.03. The molecule has 4 fully saturated rings. The van der Waals surface area contributed by atoms with E-state index < -0.39 is 0 Å². The third-order valence-electron chi connectivity index (χ3n) is 4.13. The van der Waals surface area contributed by atoms with E-state index in [1.54, 1.807) is 0 Å². The second-order valence-electron chi connectivity index (χ2n) is 6.32. The lowest BCUT2D eigenvalue weighted by atomic mass is 9.43. The van der Waals surface area contributed by atoms with Crippen molar-refractivity contribution in [3.63, 3.8) is 0 Å². The minimum Gasteiger partial charge on any atom is -0.0852 e. The molecule has 0 spiro atoms. The number of halogens is 3. The largest absolute Gasteiger partial charge is 0.109 e. The van der Waals surface area contributed by atoms with Crippen LogP contribution in [-0.2, 0) is 0 Å². The smallest absolute Gasteiger partial charge is 0.0852 e. The Hall–Kier alpha value is 1.50. The van der Waals surface area contributed by atoms with Gasteiger partial charge in [-0.15, -0.1) is 0 Å². The van der Waals surface area contributed by atoms with Crippen LogP contribution in [0.3, 0.4) is 0 Å². The van der Waals surface area contributed by atoms with Crippen LogP contribution in [0.1, 0.15) is 38.5 Å². The molecule has 0 unspecified atom stereocenters. The summed E-state index contributed by atoms with van der Waals surface area (Å²) in [5, 5.41) is 0.547. The average Bonchev–Trinajstić information content (AvgIpc) is 1.67. The predicted octanol–water partition coefficient (Wildman–Crippen LogP) is 3.56. The highest BCUT2D eigenvalue weighted by Crippen LogP contribution is 2.73. The molecule has 0 aromatic carbocycles. The Bertz CT molecular complexity index is 208. The summed E-state index contributed by atoms with van der Waals surface area (Å²) in [6.07, 6.45) is 8.01. The quantitative estimate of drug-likeness (QED) is 0.442. The lowest BCUT2D eigenvalue weighted by Crippen LogP contribution is -2.61. The van der Waals surface area contributed by atoms with Crippen molar-refractivity contribution < 1.29 is 0 Å². The van der Waals surface area contributed by atoms with Gasteiger partial charge in [0.05, 0.1) is 0 Å². The Balaban J connectivity index is 2.08. The van der Waals surface area contributed by atoms with Crippen LogP contribution in [-0.4, -0.2) is 20.8 Å². The van der Waals surface area contributed by atoms with Crippen LogP contribution in [0.15, 0.2) is 0 Å². The lowest BCUT2D eigenvalue weighted by molar-refractivity contribution is 0.0990. The van der Waals surface area contributed by atoms with E-state index in [-0.39, 0.29) is 0 Å². The van der Waals surface area contributed by atoms with Crippen LogP contribution in [0.2, 0.25) is 5.31 Å². The summed E-state index contributed by atoms with van der Waals surface area (Å²) in [5.41, 5.74) is 0. The molecule has 0 aliphatic heterocycles. The van der Waals surface area contributed by atoms with Crippen molar-refractivity contribution in [1.29, 1.82) is 0 Å². The van der Waals surface area contributed by atoms with Gasteiger partial charge in [0, 0.05) is 13.0 Å². The maximum Gasteiger partial charge on any atom is 0.109 e. The van der Waals surface area contributed by atoms with Gasteiger partial charge in [0.15, 0.2) is 0 Å². The zero-order valence-electron chi connectivity index (χ0n) is 8.38. The molecule has 0 N–H and O–H groups in total. The van der Waals surface area contributed by atoms with Crippen molar-refractivity contribution in [3.8, 4) is 0 Å². The van der Waals surface area contributed by atoms with Gasteiger partial charge in [-0.05, 0) is 38.5 Å².